The van der Waals surface area contributed by atoms with E-state index in [0.717, 1.165) is 38.6 Å². The zero-order valence-electron chi connectivity index (χ0n) is 16.2. The molecule has 6 nitrogen and oxygen atoms in total. The van der Waals surface area contributed by atoms with E-state index in [9.17, 15) is 4.79 Å². The van der Waals surface area contributed by atoms with Gasteiger partial charge >= 0.3 is 0 Å². The average Bonchev–Trinajstić information content (AvgIpc) is 2.63. The Morgan fingerprint density at radius 1 is 1.00 bits per heavy atom. The van der Waals surface area contributed by atoms with E-state index in [1.165, 1.54) is 38.5 Å². The Bertz CT molecular complexity index is 368. The first-order valence-electron chi connectivity index (χ1n) is 10.0. The monoisotopic (exact) mass is 354 g/mol. The van der Waals surface area contributed by atoms with Gasteiger partial charge in [0.15, 0.2) is 5.96 Å². The Hall–Kier alpha value is -1.30. The van der Waals surface area contributed by atoms with Gasteiger partial charge in [-0.3, -0.25) is 9.79 Å². The van der Waals surface area contributed by atoms with E-state index in [1.807, 2.05) is 0 Å². The van der Waals surface area contributed by atoms with Crippen LogP contribution in [0.2, 0.25) is 0 Å². The number of ether oxygens (including phenoxy) is 1. The van der Waals surface area contributed by atoms with Crippen LogP contribution in [0.3, 0.4) is 0 Å². The highest BCUT2D eigenvalue weighted by Gasteiger charge is 2.16. The fourth-order valence-corrected chi connectivity index (χ4v) is 3.06. The van der Waals surface area contributed by atoms with Crippen molar-refractivity contribution in [3.05, 3.63) is 0 Å². The topological polar surface area (TPSA) is 74.8 Å². The fraction of sp³-hybridized carbons (Fsp3) is 0.895. The van der Waals surface area contributed by atoms with Gasteiger partial charge in [-0.1, -0.05) is 32.6 Å². The van der Waals surface area contributed by atoms with Crippen LogP contribution in [0, 0.1) is 5.92 Å². The van der Waals surface area contributed by atoms with Crippen molar-refractivity contribution in [2.24, 2.45) is 10.9 Å². The second-order valence-electron chi connectivity index (χ2n) is 6.80. The number of amides is 1. The maximum absolute atomic E-state index is 11.9. The molecule has 0 bridgehead atoms. The predicted molar refractivity (Wildman–Crippen MR) is 104 cm³/mol. The molecule has 1 amide bonds. The third kappa shape index (κ3) is 11.8. The van der Waals surface area contributed by atoms with Crippen molar-refractivity contribution >= 4 is 11.9 Å². The lowest BCUT2D eigenvalue weighted by Crippen LogP contribution is -2.42. The van der Waals surface area contributed by atoms with Gasteiger partial charge in [0.25, 0.3) is 0 Å². The lowest BCUT2D eigenvalue weighted by molar-refractivity contribution is -0.122. The molecule has 1 aliphatic carbocycles. The summed E-state index contributed by atoms with van der Waals surface area (Å²) in [6, 6.07) is 0. The number of rotatable bonds is 12. The number of nitrogens with zero attached hydrogens (tertiary/aromatic N) is 1. The van der Waals surface area contributed by atoms with Crippen LogP contribution < -0.4 is 16.0 Å². The minimum Gasteiger partial charge on any atom is -0.381 e. The van der Waals surface area contributed by atoms with Crippen molar-refractivity contribution in [3.8, 4) is 0 Å². The fourth-order valence-electron chi connectivity index (χ4n) is 3.06. The highest BCUT2D eigenvalue weighted by atomic mass is 16.5. The summed E-state index contributed by atoms with van der Waals surface area (Å²) in [6.45, 7) is 5.94. The summed E-state index contributed by atoms with van der Waals surface area (Å²) in [5.74, 6) is 1.55. The smallest absolute Gasteiger partial charge is 0.220 e. The minimum atomic E-state index is 0.181. The molecule has 0 unspecified atom stereocenters. The summed E-state index contributed by atoms with van der Waals surface area (Å²) in [7, 11) is 1.76. The summed E-state index contributed by atoms with van der Waals surface area (Å²) in [5, 5.41) is 9.48. The summed E-state index contributed by atoms with van der Waals surface area (Å²) in [5.41, 5.74) is 0. The van der Waals surface area contributed by atoms with Gasteiger partial charge in [-0.25, -0.2) is 0 Å². The van der Waals surface area contributed by atoms with Crippen LogP contribution in [0.25, 0.3) is 0 Å². The van der Waals surface area contributed by atoms with Crippen molar-refractivity contribution in [1.82, 2.24) is 16.0 Å². The Kier molecular flexibility index (Phi) is 13.0. The Balaban J connectivity index is 1.98. The molecule has 1 rings (SSSR count). The van der Waals surface area contributed by atoms with E-state index in [4.69, 9.17) is 4.74 Å². The number of hydrogen-bond donors (Lipinski definition) is 3. The number of carbonyl (C=O) groups excluding carboxylic acids is 1. The van der Waals surface area contributed by atoms with Crippen molar-refractivity contribution < 1.29 is 9.53 Å². The number of nitrogens with one attached hydrogen (secondary N) is 3. The summed E-state index contributed by atoms with van der Waals surface area (Å²) in [4.78, 5) is 16.1. The maximum atomic E-state index is 11.9. The molecule has 0 aliphatic heterocycles. The Labute approximate surface area is 153 Å². The normalized spacial score (nSPS) is 15.8. The Morgan fingerprint density at radius 3 is 2.40 bits per heavy atom. The van der Waals surface area contributed by atoms with Gasteiger partial charge in [-0.2, -0.15) is 0 Å². The average molecular weight is 355 g/mol. The summed E-state index contributed by atoms with van der Waals surface area (Å²) in [6.07, 6.45) is 10.3. The van der Waals surface area contributed by atoms with Gasteiger partial charge in [-0.05, 0) is 31.6 Å². The first-order chi connectivity index (χ1) is 12.3. The number of carbonyl (C=O) groups is 1. The van der Waals surface area contributed by atoms with Gasteiger partial charge in [0.1, 0.15) is 0 Å². The van der Waals surface area contributed by atoms with E-state index in [0.29, 0.717) is 25.4 Å². The molecule has 0 aromatic rings. The van der Waals surface area contributed by atoms with Crippen LogP contribution in [-0.2, 0) is 9.53 Å². The van der Waals surface area contributed by atoms with Gasteiger partial charge in [0, 0.05) is 46.3 Å². The molecule has 0 heterocycles. The lowest BCUT2D eigenvalue weighted by atomic mass is 9.87. The third-order valence-electron chi connectivity index (χ3n) is 4.56. The molecule has 0 atom stereocenters. The van der Waals surface area contributed by atoms with Crippen molar-refractivity contribution in [3.63, 3.8) is 0 Å². The molecular weight excluding hydrogens is 316 g/mol. The standard InChI is InChI=1S/C19H38N4O2/c1-3-4-14-25-15-8-11-22-19(20-2)23-13-12-21-18(24)16-17-9-6-5-7-10-17/h17H,3-16H2,1-2H3,(H,21,24)(H2,20,22,23). The number of hydrogen-bond acceptors (Lipinski definition) is 3. The second-order valence-corrected chi connectivity index (χ2v) is 6.80. The minimum absolute atomic E-state index is 0.181. The number of aliphatic imine (C=N–C) groups is 1. The van der Waals surface area contributed by atoms with Crippen molar-refractivity contribution in [2.45, 2.75) is 64.7 Å². The zero-order valence-corrected chi connectivity index (χ0v) is 16.2. The maximum Gasteiger partial charge on any atom is 0.220 e. The van der Waals surface area contributed by atoms with Crippen LogP contribution in [0.5, 0.6) is 0 Å². The third-order valence-corrected chi connectivity index (χ3v) is 4.56. The summed E-state index contributed by atoms with van der Waals surface area (Å²) < 4.78 is 5.53. The van der Waals surface area contributed by atoms with E-state index in [-0.39, 0.29) is 5.91 Å². The van der Waals surface area contributed by atoms with Gasteiger partial charge < -0.3 is 20.7 Å². The van der Waals surface area contributed by atoms with Crippen LogP contribution in [-0.4, -0.2) is 51.8 Å². The molecule has 1 saturated carbocycles. The first-order valence-corrected chi connectivity index (χ1v) is 10.0. The van der Waals surface area contributed by atoms with Crippen LogP contribution in [0.15, 0.2) is 4.99 Å². The molecular formula is C19H38N4O2. The first kappa shape index (κ1) is 21.7. The molecule has 146 valence electrons. The van der Waals surface area contributed by atoms with Crippen LogP contribution >= 0.6 is 0 Å². The second kappa shape index (κ2) is 15.0. The Morgan fingerprint density at radius 2 is 1.68 bits per heavy atom. The molecule has 1 aliphatic rings. The SMILES string of the molecule is CCCCOCCCNC(=NC)NCCNC(=O)CC1CCCCC1. The van der Waals surface area contributed by atoms with Gasteiger partial charge in [-0.15, -0.1) is 0 Å². The van der Waals surface area contributed by atoms with Crippen LogP contribution in [0.4, 0.5) is 0 Å². The van der Waals surface area contributed by atoms with Crippen molar-refractivity contribution in [2.75, 3.05) is 39.9 Å². The summed E-state index contributed by atoms with van der Waals surface area (Å²) >= 11 is 0. The van der Waals surface area contributed by atoms with Crippen LogP contribution in [0.1, 0.15) is 64.7 Å². The van der Waals surface area contributed by atoms with Crippen molar-refractivity contribution in [1.29, 1.82) is 0 Å². The molecule has 1 fully saturated rings. The number of unbranched alkanes of at least 4 members (excludes halogenated alkanes) is 1. The molecule has 0 aromatic heterocycles. The number of guanidine groups is 1. The van der Waals surface area contributed by atoms with Gasteiger partial charge in [0.2, 0.25) is 5.91 Å². The van der Waals surface area contributed by atoms with E-state index in [1.54, 1.807) is 7.05 Å². The molecule has 0 spiro atoms. The highest BCUT2D eigenvalue weighted by molar-refractivity contribution is 5.79. The molecule has 6 heteroatoms. The quantitative estimate of drug-likeness (QED) is 0.286. The molecule has 3 N–H and O–H groups in total. The van der Waals surface area contributed by atoms with Gasteiger partial charge in [0.05, 0.1) is 0 Å². The van der Waals surface area contributed by atoms with E-state index < -0.39 is 0 Å². The van der Waals surface area contributed by atoms with E-state index >= 15 is 0 Å². The molecule has 0 aromatic carbocycles. The highest BCUT2D eigenvalue weighted by Crippen LogP contribution is 2.25. The molecule has 0 saturated heterocycles. The predicted octanol–water partition coefficient (Wildman–Crippen LogP) is 2.44. The zero-order chi connectivity index (χ0) is 18.2. The van der Waals surface area contributed by atoms with E-state index in [2.05, 4.69) is 27.9 Å². The lowest BCUT2D eigenvalue weighted by Gasteiger charge is -2.20. The molecule has 25 heavy (non-hydrogen) atoms. The largest absolute Gasteiger partial charge is 0.381 e. The molecule has 0 radical (unpaired) electrons.